The van der Waals surface area contributed by atoms with Gasteiger partial charge in [-0.3, -0.25) is 4.79 Å². The molecule has 0 spiro atoms. The van der Waals surface area contributed by atoms with Crippen molar-refractivity contribution in [2.24, 2.45) is 4.99 Å². The molecule has 0 bridgehead atoms. The van der Waals surface area contributed by atoms with Crippen LogP contribution in [-0.2, 0) is 11.3 Å². The van der Waals surface area contributed by atoms with Crippen molar-refractivity contribution in [1.29, 1.82) is 0 Å². The highest BCUT2D eigenvalue weighted by Gasteiger charge is 2.13. The van der Waals surface area contributed by atoms with Gasteiger partial charge in [0.05, 0.1) is 0 Å². The average Bonchev–Trinajstić information content (AvgIpc) is 2.61. The lowest BCUT2D eigenvalue weighted by molar-refractivity contribution is -0.130. The SMILES string of the molecule is CCCCN(C)C(=NCC(=O)N(CC)Cc1ccccc1)NCC.I. The molecule has 1 aromatic carbocycles. The summed E-state index contributed by atoms with van der Waals surface area (Å²) in [6.07, 6.45) is 2.26. The molecule has 6 heteroatoms. The van der Waals surface area contributed by atoms with Crippen LogP contribution in [-0.4, -0.2) is 54.9 Å². The van der Waals surface area contributed by atoms with Crippen LogP contribution in [0.25, 0.3) is 0 Å². The van der Waals surface area contributed by atoms with Crippen molar-refractivity contribution >= 4 is 35.8 Å². The lowest BCUT2D eigenvalue weighted by Gasteiger charge is -2.23. The Balaban J connectivity index is 0.00000576. The summed E-state index contributed by atoms with van der Waals surface area (Å²) >= 11 is 0. The molecule has 1 rings (SSSR count). The quantitative estimate of drug-likeness (QED) is 0.349. The molecule has 0 unspecified atom stereocenters. The number of likely N-dealkylation sites (N-methyl/N-ethyl adjacent to an activating group) is 1. The Morgan fingerprint density at radius 2 is 1.84 bits per heavy atom. The van der Waals surface area contributed by atoms with Crippen molar-refractivity contribution in [2.75, 3.05) is 33.2 Å². The summed E-state index contributed by atoms with van der Waals surface area (Å²) in [5, 5.41) is 3.26. The predicted molar refractivity (Wildman–Crippen MR) is 116 cm³/mol. The van der Waals surface area contributed by atoms with Crippen LogP contribution in [0.2, 0.25) is 0 Å². The third-order valence-corrected chi connectivity index (χ3v) is 3.86. The van der Waals surface area contributed by atoms with Gasteiger partial charge in [-0.15, -0.1) is 24.0 Å². The standard InChI is InChI=1S/C19H32N4O.HI/c1-5-8-14-22(4)19(20-6-2)21-15-18(24)23(7-3)16-17-12-10-9-11-13-17;/h9-13H,5-8,14-16H2,1-4H3,(H,20,21);1H. The Labute approximate surface area is 169 Å². The highest BCUT2D eigenvalue weighted by Crippen LogP contribution is 2.05. The summed E-state index contributed by atoms with van der Waals surface area (Å²) < 4.78 is 0. The van der Waals surface area contributed by atoms with Crippen molar-refractivity contribution in [3.05, 3.63) is 35.9 Å². The monoisotopic (exact) mass is 460 g/mol. The van der Waals surface area contributed by atoms with E-state index in [0.29, 0.717) is 13.1 Å². The number of rotatable bonds is 9. The molecular weight excluding hydrogens is 427 g/mol. The van der Waals surface area contributed by atoms with Crippen molar-refractivity contribution in [3.63, 3.8) is 0 Å². The second kappa shape index (κ2) is 13.9. The first-order valence-corrected chi connectivity index (χ1v) is 8.93. The Hall–Kier alpha value is -1.31. The first kappa shape index (κ1) is 23.7. The minimum absolute atomic E-state index is 0. The van der Waals surface area contributed by atoms with E-state index in [4.69, 9.17) is 0 Å². The number of aliphatic imine (C=N–C) groups is 1. The third-order valence-electron chi connectivity index (χ3n) is 3.86. The Bertz CT molecular complexity index is 507. The summed E-state index contributed by atoms with van der Waals surface area (Å²) in [6, 6.07) is 10.1. The van der Waals surface area contributed by atoms with Crippen LogP contribution in [0.3, 0.4) is 0 Å². The van der Waals surface area contributed by atoms with Gasteiger partial charge < -0.3 is 15.1 Å². The molecule has 0 fully saturated rings. The molecule has 1 aromatic rings. The van der Waals surface area contributed by atoms with E-state index in [2.05, 4.69) is 22.1 Å². The topological polar surface area (TPSA) is 47.9 Å². The van der Waals surface area contributed by atoms with Crippen LogP contribution in [0.4, 0.5) is 0 Å². The average molecular weight is 460 g/mol. The number of carbonyl (C=O) groups excluding carboxylic acids is 1. The summed E-state index contributed by atoms with van der Waals surface area (Å²) in [5.41, 5.74) is 1.14. The van der Waals surface area contributed by atoms with Gasteiger partial charge in [-0.2, -0.15) is 0 Å². The van der Waals surface area contributed by atoms with Crippen molar-refractivity contribution in [3.8, 4) is 0 Å². The number of nitrogens with one attached hydrogen (secondary N) is 1. The van der Waals surface area contributed by atoms with Crippen molar-refractivity contribution < 1.29 is 4.79 Å². The number of unbranched alkanes of at least 4 members (excludes halogenated alkanes) is 1. The molecule has 0 radical (unpaired) electrons. The molecule has 0 atom stereocenters. The van der Waals surface area contributed by atoms with E-state index >= 15 is 0 Å². The largest absolute Gasteiger partial charge is 0.357 e. The van der Waals surface area contributed by atoms with Gasteiger partial charge in [0.1, 0.15) is 6.54 Å². The van der Waals surface area contributed by atoms with Gasteiger partial charge in [0.15, 0.2) is 5.96 Å². The van der Waals surface area contributed by atoms with Crippen LogP contribution in [0.1, 0.15) is 39.2 Å². The highest BCUT2D eigenvalue weighted by molar-refractivity contribution is 14.0. The van der Waals surface area contributed by atoms with Gasteiger partial charge in [0, 0.05) is 33.2 Å². The number of hydrogen-bond donors (Lipinski definition) is 1. The van der Waals surface area contributed by atoms with Crippen LogP contribution in [0.15, 0.2) is 35.3 Å². The Morgan fingerprint density at radius 3 is 2.40 bits per heavy atom. The first-order valence-electron chi connectivity index (χ1n) is 8.93. The third kappa shape index (κ3) is 9.09. The molecule has 142 valence electrons. The summed E-state index contributed by atoms with van der Waals surface area (Å²) in [6.45, 7) is 9.45. The normalized spacial score (nSPS) is 10.8. The van der Waals surface area contributed by atoms with Gasteiger partial charge in [-0.05, 0) is 25.8 Å². The molecule has 1 N–H and O–H groups in total. The summed E-state index contributed by atoms with van der Waals surface area (Å²) in [7, 11) is 2.02. The van der Waals surface area contributed by atoms with Gasteiger partial charge in [0.2, 0.25) is 5.91 Å². The highest BCUT2D eigenvalue weighted by atomic mass is 127. The number of carbonyl (C=O) groups is 1. The molecule has 5 nitrogen and oxygen atoms in total. The summed E-state index contributed by atoms with van der Waals surface area (Å²) in [4.78, 5) is 20.9. The van der Waals surface area contributed by atoms with E-state index in [0.717, 1.165) is 37.5 Å². The number of amides is 1. The number of halogens is 1. The minimum atomic E-state index is 0. The number of benzene rings is 1. The van der Waals surface area contributed by atoms with E-state index in [-0.39, 0.29) is 36.4 Å². The van der Waals surface area contributed by atoms with E-state index in [1.807, 2.05) is 56.1 Å². The smallest absolute Gasteiger partial charge is 0.244 e. The molecule has 0 aliphatic rings. The molecule has 0 saturated heterocycles. The van der Waals surface area contributed by atoms with Crippen LogP contribution in [0.5, 0.6) is 0 Å². The molecule has 0 heterocycles. The lowest BCUT2D eigenvalue weighted by Crippen LogP contribution is -2.40. The second-order valence-corrected chi connectivity index (χ2v) is 5.84. The van der Waals surface area contributed by atoms with E-state index in [1.165, 1.54) is 0 Å². The van der Waals surface area contributed by atoms with Crippen LogP contribution >= 0.6 is 24.0 Å². The fourth-order valence-corrected chi connectivity index (χ4v) is 2.39. The van der Waals surface area contributed by atoms with Gasteiger partial charge in [-0.1, -0.05) is 43.7 Å². The van der Waals surface area contributed by atoms with Gasteiger partial charge in [0.25, 0.3) is 0 Å². The van der Waals surface area contributed by atoms with Crippen molar-refractivity contribution in [2.45, 2.75) is 40.2 Å². The second-order valence-electron chi connectivity index (χ2n) is 5.84. The van der Waals surface area contributed by atoms with Gasteiger partial charge >= 0.3 is 0 Å². The van der Waals surface area contributed by atoms with E-state index < -0.39 is 0 Å². The number of nitrogens with zero attached hydrogens (tertiary/aromatic N) is 3. The molecule has 0 aromatic heterocycles. The zero-order valence-electron chi connectivity index (χ0n) is 16.0. The summed E-state index contributed by atoms with van der Waals surface area (Å²) in [5.74, 6) is 0.857. The number of hydrogen-bond acceptors (Lipinski definition) is 2. The zero-order valence-corrected chi connectivity index (χ0v) is 18.3. The molecule has 0 aliphatic carbocycles. The minimum Gasteiger partial charge on any atom is -0.357 e. The molecule has 25 heavy (non-hydrogen) atoms. The molecule has 0 aliphatic heterocycles. The van der Waals surface area contributed by atoms with E-state index in [9.17, 15) is 4.79 Å². The fourth-order valence-electron chi connectivity index (χ4n) is 2.39. The predicted octanol–water partition coefficient (Wildman–Crippen LogP) is 3.35. The lowest BCUT2D eigenvalue weighted by atomic mass is 10.2. The van der Waals surface area contributed by atoms with Crippen LogP contribution in [0, 0.1) is 0 Å². The fraction of sp³-hybridized carbons (Fsp3) is 0.579. The van der Waals surface area contributed by atoms with E-state index in [1.54, 1.807) is 0 Å². The maximum atomic E-state index is 12.5. The molecular formula is C19H33IN4O. The maximum Gasteiger partial charge on any atom is 0.244 e. The zero-order chi connectivity index (χ0) is 17.8. The van der Waals surface area contributed by atoms with Crippen molar-refractivity contribution in [1.82, 2.24) is 15.1 Å². The molecule has 1 amide bonds. The van der Waals surface area contributed by atoms with Gasteiger partial charge in [-0.25, -0.2) is 4.99 Å². The maximum absolute atomic E-state index is 12.5. The Kier molecular flexibility index (Phi) is 13.2. The number of guanidine groups is 1. The first-order chi connectivity index (χ1) is 11.6. The van der Waals surface area contributed by atoms with Crippen LogP contribution < -0.4 is 5.32 Å². The molecule has 0 saturated carbocycles. The Morgan fingerprint density at radius 1 is 1.16 bits per heavy atom.